The van der Waals surface area contributed by atoms with Crippen LogP contribution in [0, 0.1) is 0 Å². The van der Waals surface area contributed by atoms with Gasteiger partial charge in [0.2, 0.25) is 11.8 Å². The van der Waals surface area contributed by atoms with E-state index in [1.54, 1.807) is 6.07 Å². The van der Waals surface area contributed by atoms with Crippen molar-refractivity contribution in [2.45, 2.75) is 31.8 Å². The number of para-hydroxylation sites is 3. The summed E-state index contributed by atoms with van der Waals surface area (Å²) < 4.78 is 6.76. The quantitative estimate of drug-likeness (QED) is 0.599. The van der Waals surface area contributed by atoms with E-state index < -0.39 is 5.76 Å². The molecule has 2 aliphatic heterocycles. The van der Waals surface area contributed by atoms with E-state index in [1.165, 1.54) is 4.57 Å². The lowest BCUT2D eigenvalue weighted by molar-refractivity contribution is -0.134. The zero-order chi connectivity index (χ0) is 22.8. The Morgan fingerprint density at radius 3 is 2.42 bits per heavy atom. The number of piperidine rings is 1. The second kappa shape index (κ2) is 9.23. The number of hydrogen-bond donors (Lipinski definition) is 0. The molecule has 33 heavy (non-hydrogen) atoms. The van der Waals surface area contributed by atoms with Crippen molar-refractivity contribution in [3.05, 3.63) is 65.1 Å². The molecular formula is C25H28N4O4. The monoisotopic (exact) mass is 448 g/mol. The van der Waals surface area contributed by atoms with E-state index in [2.05, 4.69) is 4.90 Å². The predicted molar refractivity (Wildman–Crippen MR) is 125 cm³/mol. The molecule has 3 heterocycles. The number of nitrogens with zero attached hydrogens (tertiary/aromatic N) is 4. The van der Waals surface area contributed by atoms with Crippen LogP contribution in [-0.4, -0.2) is 64.9 Å². The van der Waals surface area contributed by atoms with Gasteiger partial charge in [-0.25, -0.2) is 4.79 Å². The Bertz CT molecular complexity index is 1190. The molecule has 2 aromatic carbocycles. The number of aromatic nitrogens is 1. The predicted octanol–water partition coefficient (Wildman–Crippen LogP) is 2.32. The Balaban J connectivity index is 1.17. The molecule has 1 atom stereocenters. The summed E-state index contributed by atoms with van der Waals surface area (Å²) >= 11 is 0. The Kier molecular flexibility index (Phi) is 6.00. The molecule has 5 rings (SSSR count). The molecule has 2 fully saturated rings. The number of benzene rings is 2. The molecule has 2 amide bonds. The maximum absolute atomic E-state index is 13.2. The van der Waals surface area contributed by atoms with Crippen LogP contribution in [0.4, 0.5) is 5.69 Å². The highest BCUT2D eigenvalue weighted by Crippen LogP contribution is 2.24. The number of aryl methyl sites for hydroxylation is 1. The largest absolute Gasteiger partial charge is 0.419 e. The van der Waals surface area contributed by atoms with Gasteiger partial charge in [-0.15, -0.1) is 0 Å². The van der Waals surface area contributed by atoms with Gasteiger partial charge in [0.15, 0.2) is 5.58 Å². The van der Waals surface area contributed by atoms with Gasteiger partial charge in [0.25, 0.3) is 0 Å². The van der Waals surface area contributed by atoms with Gasteiger partial charge in [-0.1, -0.05) is 30.3 Å². The summed E-state index contributed by atoms with van der Waals surface area (Å²) in [5, 5.41) is 0. The van der Waals surface area contributed by atoms with Crippen molar-refractivity contribution in [2.75, 3.05) is 37.6 Å². The molecule has 0 radical (unpaired) electrons. The zero-order valence-electron chi connectivity index (χ0n) is 18.6. The first kappa shape index (κ1) is 21.5. The number of amides is 2. The fraction of sp³-hybridized carbons (Fsp3) is 0.400. The third-order valence-corrected chi connectivity index (χ3v) is 6.71. The van der Waals surface area contributed by atoms with E-state index in [1.807, 2.05) is 58.3 Å². The highest BCUT2D eigenvalue weighted by molar-refractivity contribution is 5.98. The van der Waals surface area contributed by atoms with Gasteiger partial charge in [0.05, 0.1) is 11.6 Å². The molecule has 0 bridgehead atoms. The lowest BCUT2D eigenvalue weighted by atomic mass is 10.0. The van der Waals surface area contributed by atoms with Gasteiger partial charge in [0.1, 0.15) is 0 Å². The van der Waals surface area contributed by atoms with Crippen LogP contribution in [-0.2, 0) is 16.1 Å². The minimum Gasteiger partial charge on any atom is -0.408 e. The molecule has 0 spiro atoms. The fourth-order valence-corrected chi connectivity index (χ4v) is 4.93. The van der Waals surface area contributed by atoms with Crippen LogP contribution in [0.5, 0.6) is 0 Å². The molecule has 0 saturated carbocycles. The topological polar surface area (TPSA) is 79.0 Å². The Morgan fingerprint density at radius 2 is 1.64 bits per heavy atom. The average molecular weight is 449 g/mol. The maximum atomic E-state index is 13.2. The highest BCUT2D eigenvalue weighted by Gasteiger charge is 2.35. The van der Waals surface area contributed by atoms with Crippen LogP contribution in [0.15, 0.2) is 63.8 Å². The number of carbonyl (C=O) groups excluding carboxylic acids is 2. The van der Waals surface area contributed by atoms with Crippen LogP contribution in [0.2, 0.25) is 0 Å². The van der Waals surface area contributed by atoms with Gasteiger partial charge in [-0.3, -0.25) is 19.1 Å². The minimum absolute atomic E-state index is 0.0210. The minimum atomic E-state index is -0.437. The number of hydrogen-bond acceptors (Lipinski definition) is 5. The molecule has 0 aliphatic carbocycles. The molecule has 2 aliphatic rings. The summed E-state index contributed by atoms with van der Waals surface area (Å²) in [4.78, 5) is 44.1. The smallest absolute Gasteiger partial charge is 0.408 e. The molecule has 0 unspecified atom stereocenters. The van der Waals surface area contributed by atoms with Gasteiger partial charge in [-0.2, -0.15) is 0 Å². The van der Waals surface area contributed by atoms with Gasteiger partial charge in [-0.05, 0) is 37.1 Å². The van der Waals surface area contributed by atoms with Crippen molar-refractivity contribution in [1.82, 2.24) is 14.4 Å². The van der Waals surface area contributed by atoms with Gasteiger partial charge in [0, 0.05) is 51.4 Å². The summed E-state index contributed by atoms with van der Waals surface area (Å²) in [6, 6.07) is 16.9. The van der Waals surface area contributed by atoms with E-state index in [-0.39, 0.29) is 24.3 Å². The standard InChI is InChI=1S/C25H28N4O4/c30-23(12-14-29-20-9-4-5-11-22(20)33-25(29)32)27-17-15-26(16-18-27)21-10-6-13-28(24(21)31)19-7-2-1-3-8-19/h1-5,7-9,11,21H,6,10,12-18H2/t21-/m1/s1. The molecule has 0 N–H and O–H groups in total. The van der Waals surface area contributed by atoms with Crippen molar-refractivity contribution in [2.24, 2.45) is 0 Å². The van der Waals surface area contributed by atoms with Crippen LogP contribution in [0.1, 0.15) is 19.3 Å². The average Bonchev–Trinajstić information content (AvgIpc) is 3.18. The number of fused-ring (bicyclic) bond motifs is 1. The first-order valence-electron chi connectivity index (χ1n) is 11.6. The van der Waals surface area contributed by atoms with Gasteiger partial charge >= 0.3 is 5.76 Å². The number of anilines is 1. The van der Waals surface area contributed by atoms with E-state index in [0.29, 0.717) is 43.8 Å². The van der Waals surface area contributed by atoms with Crippen molar-refractivity contribution in [3.63, 3.8) is 0 Å². The molecule has 2 saturated heterocycles. The molecule has 1 aromatic heterocycles. The summed E-state index contributed by atoms with van der Waals surface area (Å²) in [7, 11) is 0. The Hall–Kier alpha value is -3.39. The van der Waals surface area contributed by atoms with E-state index in [9.17, 15) is 14.4 Å². The lowest BCUT2D eigenvalue weighted by Gasteiger charge is -2.42. The van der Waals surface area contributed by atoms with E-state index in [4.69, 9.17) is 4.42 Å². The molecule has 8 heteroatoms. The number of rotatable bonds is 5. The third kappa shape index (κ3) is 4.30. The first-order chi connectivity index (χ1) is 16.1. The van der Waals surface area contributed by atoms with E-state index in [0.717, 1.165) is 25.1 Å². The Morgan fingerprint density at radius 1 is 0.909 bits per heavy atom. The summed E-state index contributed by atoms with van der Waals surface area (Å²) in [6.45, 7) is 3.59. The SMILES string of the molecule is O=C(CCn1c(=O)oc2ccccc21)N1CCN([C@@H]2CCCN(c3ccccc3)C2=O)CC1. The van der Waals surface area contributed by atoms with Crippen LogP contribution >= 0.6 is 0 Å². The fourth-order valence-electron chi connectivity index (χ4n) is 4.93. The normalized spacial score (nSPS) is 19.9. The second-order valence-corrected chi connectivity index (χ2v) is 8.64. The summed E-state index contributed by atoms with van der Waals surface area (Å²) in [6.07, 6.45) is 2.07. The number of oxazole rings is 1. The van der Waals surface area contributed by atoms with Crippen molar-refractivity contribution < 1.29 is 14.0 Å². The number of carbonyl (C=O) groups is 2. The van der Waals surface area contributed by atoms with Crippen molar-refractivity contribution in [3.8, 4) is 0 Å². The molecule has 172 valence electrons. The maximum Gasteiger partial charge on any atom is 0.419 e. The van der Waals surface area contributed by atoms with Crippen molar-refractivity contribution in [1.29, 1.82) is 0 Å². The second-order valence-electron chi connectivity index (χ2n) is 8.64. The lowest BCUT2D eigenvalue weighted by Crippen LogP contribution is -2.58. The molecule has 8 nitrogen and oxygen atoms in total. The van der Waals surface area contributed by atoms with Crippen molar-refractivity contribution >= 4 is 28.6 Å². The van der Waals surface area contributed by atoms with Gasteiger partial charge < -0.3 is 14.2 Å². The summed E-state index contributed by atoms with van der Waals surface area (Å²) in [5.41, 5.74) is 2.19. The van der Waals surface area contributed by atoms with E-state index >= 15 is 0 Å². The Labute approximate surface area is 192 Å². The summed E-state index contributed by atoms with van der Waals surface area (Å²) in [5.74, 6) is -0.265. The number of piperazine rings is 1. The third-order valence-electron chi connectivity index (χ3n) is 6.71. The van der Waals surface area contributed by atoms with Crippen LogP contribution in [0.25, 0.3) is 11.1 Å². The van der Waals surface area contributed by atoms with Crippen LogP contribution in [0.3, 0.4) is 0 Å². The molecular weight excluding hydrogens is 420 g/mol. The molecule has 3 aromatic rings. The first-order valence-corrected chi connectivity index (χ1v) is 11.6. The van der Waals surface area contributed by atoms with Crippen LogP contribution < -0.4 is 10.7 Å². The highest BCUT2D eigenvalue weighted by atomic mass is 16.4. The zero-order valence-corrected chi connectivity index (χ0v) is 18.6.